The van der Waals surface area contributed by atoms with Gasteiger partial charge >= 0.3 is 11.9 Å². The predicted molar refractivity (Wildman–Crippen MR) is 133 cm³/mol. The second kappa shape index (κ2) is 9.73. The third-order valence-electron chi connectivity index (χ3n) is 6.40. The van der Waals surface area contributed by atoms with Crippen LogP contribution in [0.2, 0.25) is 0 Å². The minimum Gasteiger partial charge on any atom is -0.481 e. The molecule has 0 saturated heterocycles. The number of hydrogen-bond acceptors (Lipinski definition) is 4. The molecule has 2 unspecified atom stereocenters. The fourth-order valence-electron chi connectivity index (χ4n) is 4.25. The van der Waals surface area contributed by atoms with Crippen LogP contribution in [0.3, 0.4) is 0 Å². The van der Waals surface area contributed by atoms with Crippen LogP contribution in [-0.4, -0.2) is 36.9 Å². The quantitative estimate of drug-likeness (QED) is 0.264. The van der Waals surface area contributed by atoms with Crippen molar-refractivity contribution >= 4 is 34.7 Å². The monoisotopic (exact) mass is 474 g/mol. The van der Waals surface area contributed by atoms with Crippen molar-refractivity contribution in [3.8, 4) is 0 Å². The molecule has 4 aromatic rings. The van der Waals surface area contributed by atoms with Gasteiger partial charge in [0.15, 0.2) is 5.16 Å². The highest BCUT2D eigenvalue weighted by molar-refractivity contribution is 8.01. The Balaban J connectivity index is 1.82. The molecule has 3 aromatic carbocycles. The summed E-state index contributed by atoms with van der Waals surface area (Å²) in [6.07, 6.45) is 0.620. The minimum atomic E-state index is -1.72. The van der Waals surface area contributed by atoms with E-state index >= 15 is 0 Å². The molecule has 0 bridgehead atoms. The van der Waals surface area contributed by atoms with Crippen LogP contribution in [0, 0.1) is 5.41 Å². The Kier molecular flexibility index (Phi) is 6.75. The van der Waals surface area contributed by atoms with E-state index in [1.165, 1.54) is 0 Å². The summed E-state index contributed by atoms with van der Waals surface area (Å²) in [5, 5.41) is 21.5. The lowest BCUT2D eigenvalue weighted by molar-refractivity contribution is -0.159. The van der Waals surface area contributed by atoms with Gasteiger partial charge in [0, 0.05) is 0 Å². The van der Waals surface area contributed by atoms with Crippen LogP contribution in [0.25, 0.3) is 11.0 Å². The Morgan fingerprint density at radius 2 is 1.44 bits per heavy atom. The van der Waals surface area contributed by atoms with Crippen molar-refractivity contribution in [3.63, 3.8) is 0 Å². The lowest BCUT2D eigenvalue weighted by Crippen LogP contribution is -2.56. The van der Waals surface area contributed by atoms with Crippen molar-refractivity contribution in [1.82, 2.24) is 9.97 Å². The standard InChI is InChI=1S/C27H26N2O4S/c1-26(23(30)31,17-16-19-10-4-2-5-11-19)27(24(32)33,18-20-12-6-3-7-13-20)34-25-28-21-14-8-9-15-22(21)29-25/h2-15H,16-18H2,1H3,(H,28,29)(H,30,31)(H,32,33). The molecule has 34 heavy (non-hydrogen) atoms. The van der Waals surface area contributed by atoms with E-state index < -0.39 is 22.1 Å². The van der Waals surface area contributed by atoms with Crippen molar-refractivity contribution in [1.29, 1.82) is 0 Å². The topological polar surface area (TPSA) is 103 Å². The number of carbonyl (C=O) groups is 2. The normalized spacial score (nSPS) is 14.9. The molecule has 0 saturated carbocycles. The van der Waals surface area contributed by atoms with Gasteiger partial charge in [0.2, 0.25) is 0 Å². The van der Waals surface area contributed by atoms with Gasteiger partial charge in [-0.2, -0.15) is 0 Å². The number of aliphatic carboxylic acids is 2. The average Bonchev–Trinajstić information content (AvgIpc) is 3.25. The number of aromatic amines is 1. The molecule has 3 N–H and O–H groups in total. The Hall–Kier alpha value is -3.58. The molecular weight excluding hydrogens is 448 g/mol. The first-order chi connectivity index (χ1) is 16.3. The van der Waals surface area contributed by atoms with Gasteiger partial charge in [-0.25, -0.2) is 4.98 Å². The van der Waals surface area contributed by atoms with Crippen LogP contribution in [0.5, 0.6) is 0 Å². The number of benzene rings is 3. The zero-order valence-corrected chi connectivity index (χ0v) is 19.6. The van der Waals surface area contributed by atoms with Gasteiger partial charge in [-0.3, -0.25) is 9.59 Å². The number of thioether (sulfide) groups is 1. The van der Waals surface area contributed by atoms with E-state index in [2.05, 4.69) is 9.97 Å². The van der Waals surface area contributed by atoms with Crippen LogP contribution in [0.4, 0.5) is 0 Å². The lowest BCUT2D eigenvalue weighted by Gasteiger charge is -2.42. The van der Waals surface area contributed by atoms with E-state index in [1.807, 2.05) is 84.9 Å². The zero-order valence-electron chi connectivity index (χ0n) is 18.8. The lowest BCUT2D eigenvalue weighted by atomic mass is 9.69. The van der Waals surface area contributed by atoms with Crippen molar-refractivity contribution in [3.05, 3.63) is 96.1 Å². The number of H-pyrrole nitrogens is 1. The smallest absolute Gasteiger partial charge is 0.321 e. The van der Waals surface area contributed by atoms with Gasteiger partial charge in [-0.1, -0.05) is 84.6 Å². The number of nitrogens with zero attached hydrogens (tertiary/aromatic N) is 1. The van der Waals surface area contributed by atoms with Crippen LogP contribution >= 0.6 is 11.8 Å². The van der Waals surface area contributed by atoms with Gasteiger partial charge in [0.1, 0.15) is 4.75 Å². The molecule has 0 aliphatic heterocycles. The molecular formula is C27H26N2O4S. The first kappa shape index (κ1) is 23.6. The second-order valence-electron chi connectivity index (χ2n) is 8.58. The fraction of sp³-hybridized carbons (Fsp3) is 0.222. The number of carboxylic acids is 2. The Bertz CT molecular complexity index is 1260. The van der Waals surface area contributed by atoms with Crippen molar-refractivity contribution in [2.45, 2.75) is 36.1 Å². The summed E-state index contributed by atoms with van der Waals surface area (Å²) >= 11 is 0.988. The Morgan fingerprint density at radius 3 is 2.03 bits per heavy atom. The van der Waals surface area contributed by atoms with Crippen LogP contribution in [0.15, 0.2) is 90.1 Å². The molecule has 0 aliphatic carbocycles. The highest BCUT2D eigenvalue weighted by Gasteiger charge is 2.59. The predicted octanol–water partition coefficient (Wildman–Crippen LogP) is 5.44. The van der Waals surface area contributed by atoms with Gasteiger partial charge in [-0.05, 0) is 49.4 Å². The van der Waals surface area contributed by atoms with Crippen molar-refractivity contribution < 1.29 is 19.8 Å². The summed E-state index contributed by atoms with van der Waals surface area (Å²) in [4.78, 5) is 33.7. The summed E-state index contributed by atoms with van der Waals surface area (Å²) in [6.45, 7) is 1.55. The summed E-state index contributed by atoms with van der Waals surface area (Å²) in [5.74, 6) is -2.33. The first-order valence-corrected chi connectivity index (χ1v) is 11.8. The molecule has 174 valence electrons. The first-order valence-electron chi connectivity index (χ1n) is 11.0. The third-order valence-corrected chi connectivity index (χ3v) is 7.90. The molecule has 0 spiro atoms. The number of para-hydroxylation sites is 2. The van der Waals surface area contributed by atoms with Gasteiger partial charge in [-0.15, -0.1) is 0 Å². The summed E-state index contributed by atoms with van der Waals surface area (Å²) in [5.41, 5.74) is 1.58. The maximum atomic E-state index is 13.1. The fourth-order valence-corrected chi connectivity index (χ4v) is 5.62. The van der Waals surface area contributed by atoms with Gasteiger partial charge in [0.25, 0.3) is 0 Å². The molecule has 1 aromatic heterocycles. The Morgan fingerprint density at radius 1 is 0.853 bits per heavy atom. The summed E-state index contributed by atoms with van der Waals surface area (Å²) < 4.78 is -1.72. The zero-order chi connectivity index (χ0) is 24.2. The van der Waals surface area contributed by atoms with Gasteiger partial charge in [0.05, 0.1) is 16.4 Å². The van der Waals surface area contributed by atoms with E-state index in [1.54, 1.807) is 6.92 Å². The summed E-state index contributed by atoms with van der Waals surface area (Å²) in [6, 6.07) is 26.1. The van der Waals surface area contributed by atoms with E-state index in [0.29, 0.717) is 17.1 Å². The van der Waals surface area contributed by atoms with E-state index in [0.717, 1.165) is 28.4 Å². The molecule has 6 nitrogen and oxygen atoms in total. The molecule has 4 rings (SSSR count). The van der Waals surface area contributed by atoms with E-state index in [9.17, 15) is 19.8 Å². The molecule has 2 atom stereocenters. The van der Waals surface area contributed by atoms with Crippen molar-refractivity contribution in [2.75, 3.05) is 0 Å². The molecule has 0 radical (unpaired) electrons. The number of carboxylic acid groups (broad SMARTS) is 2. The average molecular weight is 475 g/mol. The number of aryl methyl sites for hydroxylation is 1. The molecule has 0 fully saturated rings. The number of aromatic nitrogens is 2. The number of fused-ring (bicyclic) bond motifs is 1. The molecule has 0 aliphatic rings. The number of rotatable bonds is 10. The highest BCUT2D eigenvalue weighted by Crippen LogP contribution is 2.50. The van der Waals surface area contributed by atoms with Crippen LogP contribution in [-0.2, 0) is 22.4 Å². The van der Waals surface area contributed by atoms with Crippen LogP contribution < -0.4 is 0 Å². The number of imidazole rings is 1. The maximum absolute atomic E-state index is 13.1. The van der Waals surface area contributed by atoms with Crippen LogP contribution in [0.1, 0.15) is 24.5 Å². The largest absolute Gasteiger partial charge is 0.481 e. The van der Waals surface area contributed by atoms with Crippen molar-refractivity contribution in [2.24, 2.45) is 5.41 Å². The molecule has 0 amide bonds. The third kappa shape index (κ3) is 4.56. The number of hydrogen-bond donors (Lipinski definition) is 3. The van der Waals surface area contributed by atoms with E-state index in [-0.39, 0.29) is 12.8 Å². The molecule has 7 heteroatoms. The highest BCUT2D eigenvalue weighted by atomic mass is 32.2. The number of nitrogens with one attached hydrogen (secondary N) is 1. The van der Waals surface area contributed by atoms with E-state index in [4.69, 9.17) is 0 Å². The Labute approximate surface area is 202 Å². The van der Waals surface area contributed by atoms with Gasteiger partial charge < -0.3 is 15.2 Å². The summed E-state index contributed by atoms with van der Waals surface area (Å²) in [7, 11) is 0. The second-order valence-corrected chi connectivity index (χ2v) is 9.87. The SMILES string of the molecule is CC(CCc1ccccc1)(C(=O)O)C(Cc1ccccc1)(Sc1nc2ccccc2[nH]1)C(=O)O. The molecule has 1 heterocycles. The minimum absolute atomic E-state index is 0.0302. The maximum Gasteiger partial charge on any atom is 0.321 e.